The number of primary amides is 1. The number of hydrogen-bond acceptors (Lipinski definition) is 3. The average molecular weight is 313 g/mol. The largest absolute Gasteiger partial charge is 0.376 e. The Labute approximate surface area is 134 Å². The molecule has 0 unspecified atom stereocenters. The molecule has 0 spiro atoms. The summed E-state index contributed by atoms with van der Waals surface area (Å²) >= 11 is 0. The molecule has 0 aliphatic rings. The number of ether oxygens (including phenoxy) is 1. The summed E-state index contributed by atoms with van der Waals surface area (Å²) in [6.07, 6.45) is 0.250. The molecule has 0 aliphatic carbocycles. The minimum atomic E-state index is -0.650. The topological polar surface area (TPSA) is 93.5 Å². The van der Waals surface area contributed by atoms with Gasteiger partial charge in [0.15, 0.2) is 0 Å². The van der Waals surface area contributed by atoms with Crippen molar-refractivity contribution in [1.29, 1.82) is 0 Å². The number of benzene rings is 2. The minimum Gasteiger partial charge on any atom is -0.376 e. The first kappa shape index (κ1) is 16.5. The van der Waals surface area contributed by atoms with E-state index in [1.165, 1.54) is 0 Å². The summed E-state index contributed by atoms with van der Waals surface area (Å²) in [4.78, 5) is 22.7. The Balaban J connectivity index is 1.73. The molecule has 0 aliphatic heterocycles. The van der Waals surface area contributed by atoms with Gasteiger partial charge in [-0.3, -0.25) is 4.79 Å². The van der Waals surface area contributed by atoms with Crippen molar-refractivity contribution in [1.82, 2.24) is 0 Å². The second-order valence-corrected chi connectivity index (χ2v) is 4.91. The SMILES string of the molecule is NC(=O)Nc1cccc(NC(=O)CCOCc2ccccc2)c1. The van der Waals surface area contributed by atoms with Gasteiger partial charge in [-0.25, -0.2) is 4.79 Å². The van der Waals surface area contributed by atoms with Crippen LogP contribution in [0.1, 0.15) is 12.0 Å². The van der Waals surface area contributed by atoms with E-state index in [1.807, 2.05) is 30.3 Å². The predicted molar refractivity (Wildman–Crippen MR) is 89.0 cm³/mol. The highest BCUT2D eigenvalue weighted by Crippen LogP contribution is 2.15. The van der Waals surface area contributed by atoms with Gasteiger partial charge >= 0.3 is 6.03 Å². The first-order valence-electron chi connectivity index (χ1n) is 7.21. The lowest BCUT2D eigenvalue weighted by Gasteiger charge is -2.08. The van der Waals surface area contributed by atoms with Crippen LogP contribution in [0.4, 0.5) is 16.2 Å². The fourth-order valence-corrected chi connectivity index (χ4v) is 1.97. The van der Waals surface area contributed by atoms with Crippen LogP contribution in [0.5, 0.6) is 0 Å². The van der Waals surface area contributed by atoms with Crippen molar-refractivity contribution < 1.29 is 14.3 Å². The Kier molecular flexibility index (Phi) is 6.14. The summed E-state index contributed by atoms with van der Waals surface area (Å²) in [5.41, 5.74) is 7.23. The molecule has 2 aromatic rings. The Morgan fingerprint density at radius 3 is 2.35 bits per heavy atom. The molecule has 0 aromatic heterocycles. The third-order valence-electron chi connectivity index (χ3n) is 3.00. The number of rotatable bonds is 7. The highest BCUT2D eigenvalue weighted by Gasteiger charge is 2.04. The molecule has 4 N–H and O–H groups in total. The second-order valence-electron chi connectivity index (χ2n) is 4.91. The molecule has 2 aromatic carbocycles. The molecule has 0 saturated heterocycles. The molecule has 0 saturated carbocycles. The van der Waals surface area contributed by atoms with Gasteiger partial charge in [0.05, 0.1) is 19.6 Å². The maximum absolute atomic E-state index is 11.9. The zero-order valence-corrected chi connectivity index (χ0v) is 12.6. The highest BCUT2D eigenvalue weighted by molar-refractivity contribution is 5.93. The number of urea groups is 1. The van der Waals surface area contributed by atoms with Gasteiger partial charge in [-0.05, 0) is 23.8 Å². The van der Waals surface area contributed by atoms with Crippen LogP contribution in [0.25, 0.3) is 0 Å². The number of carbonyl (C=O) groups excluding carboxylic acids is 2. The minimum absolute atomic E-state index is 0.158. The van der Waals surface area contributed by atoms with Gasteiger partial charge in [0.2, 0.25) is 5.91 Å². The quantitative estimate of drug-likeness (QED) is 0.686. The van der Waals surface area contributed by atoms with Crippen LogP contribution in [0.3, 0.4) is 0 Å². The van der Waals surface area contributed by atoms with Gasteiger partial charge in [0.1, 0.15) is 0 Å². The molecule has 0 heterocycles. The van der Waals surface area contributed by atoms with E-state index in [-0.39, 0.29) is 12.3 Å². The van der Waals surface area contributed by atoms with Gasteiger partial charge in [-0.2, -0.15) is 0 Å². The standard InChI is InChI=1S/C17H19N3O3/c18-17(22)20-15-8-4-7-14(11-15)19-16(21)9-10-23-12-13-5-2-1-3-6-13/h1-8,11H,9-10,12H2,(H,19,21)(H3,18,20,22). The Morgan fingerprint density at radius 2 is 1.65 bits per heavy atom. The van der Waals surface area contributed by atoms with Crippen LogP contribution < -0.4 is 16.4 Å². The number of amides is 3. The molecule has 0 radical (unpaired) electrons. The van der Waals surface area contributed by atoms with E-state index in [0.717, 1.165) is 5.56 Å². The summed E-state index contributed by atoms with van der Waals surface area (Å²) in [7, 11) is 0. The van der Waals surface area contributed by atoms with E-state index in [0.29, 0.717) is 24.6 Å². The molecule has 6 heteroatoms. The Morgan fingerprint density at radius 1 is 0.957 bits per heavy atom. The normalized spacial score (nSPS) is 10.1. The lowest BCUT2D eigenvalue weighted by Crippen LogP contribution is -2.19. The van der Waals surface area contributed by atoms with E-state index < -0.39 is 6.03 Å². The zero-order chi connectivity index (χ0) is 16.5. The van der Waals surface area contributed by atoms with E-state index in [1.54, 1.807) is 24.3 Å². The number of nitrogens with two attached hydrogens (primary N) is 1. The fraction of sp³-hybridized carbons (Fsp3) is 0.176. The van der Waals surface area contributed by atoms with Crippen LogP contribution in [-0.2, 0) is 16.1 Å². The monoisotopic (exact) mass is 313 g/mol. The summed E-state index contributed by atoms with van der Waals surface area (Å²) in [6, 6.07) is 15.9. The van der Waals surface area contributed by atoms with Crippen LogP contribution in [0, 0.1) is 0 Å². The summed E-state index contributed by atoms with van der Waals surface area (Å²) < 4.78 is 5.47. The first-order valence-corrected chi connectivity index (χ1v) is 7.21. The van der Waals surface area contributed by atoms with Gasteiger partial charge < -0.3 is 21.1 Å². The van der Waals surface area contributed by atoms with E-state index in [2.05, 4.69) is 10.6 Å². The number of hydrogen-bond donors (Lipinski definition) is 3. The summed E-state index contributed by atoms with van der Waals surface area (Å²) in [5.74, 6) is -0.158. The van der Waals surface area contributed by atoms with Crippen LogP contribution in [0.15, 0.2) is 54.6 Å². The van der Waals surface area contributed by atoms with Gasteiger partial charge in [0.25, 0.3) is 0 Å². The average Bonchev–Trinajstić information content (AvgIpc) is 2.52. The fourth-order valence-electron chi connectivity index (χ4n) is 1.97. The molecular weight excluding hydrogens is 294 g/mol. The van der Waals surface area contributed by atoms with Crippen molar-refractivity contribution in [2.75, 3.05) is 17.2 Å². The Bertz CT molecular complexity index is 659. The van der Waals surface area contributed by atoms with E-state index in [4.69, 9.17) is 10.5 Å². The smallest absolute Gasteiger partial charge is 0.316 e. The maximum Gasteiger partial charge on any atom is 0.316 e. The van der Waals surface area contributed by atoms with Crippen LogP contribution in [-0.4, -0.2) is 18.5 Å². The van der Waals surface area contributed by atoms with E-state index >= 15 is 0 Å². The number of carbonyl (C=O) groups is 2. The van der Waals surface area contributed by atoms with Crippen molar-refractivity contribution in [3.8, 4) is 0 Å². The van der Waals surface area contributed by atoms with Gasteiger partial charge in [-0.1, -0.05) is 36.4 Å². The second kappa shape index (κ2) is 8.55. The van der Waals surface area contributed by atoms with Crippen molar-refractivity contribution in [3.05, 3.63) is 60.2 Å². The molecule has 6 nitrogen and oxygen atoms in total. The van der Waals surface area contributed by atoms with Crippen LogP contribution >= 0.6 is 0 Å². The molecule has 0 atom stereocenters. The molecule has 2 rings (SSSR count). The molecule has 3 amide bonds. The lowest BCUT2D eigenvalue weighted by molar-refractivity contribution is -0.117. The lowest BCUT2D eigenvalue weighted by atomic mass is 10.2. The third kappa shape index (κ3) is 6.19. The maximum atomic E-state index is 11.9. The molecule has 23 heavy (non-hydrogen) atoms. The number of anilines is 2. The number of nitrogens with one attached hydrogen (secondary N) is 2. The third-order valence-corrected chi connectivity index (χ3v) is 3.00. The summed E-state index contributed by atoms with van der Waals surface area (Å²) in [6.45, 7) is 0.812. The van der Waals surface area contributed by atoms with Crippen molar-refractivity contribution in [3.63, 3.8) is 0 Å². The highest BCUT2D eigenvalue weighted by atomic mass is 16.5. The molecule has 120 valence electrons. The van der Waals surface area contributed by atoms with Crippen LogP contribution in [0.2, 0.25) is 0 Å². The summed E-state index contributed by atoms with van der Waals surface area (Å²) in [5, 5.41) is 5.19. The van der Waals surface area contributed by atoms with Crippen molar-refractivity contribution >= 4 is 23.3 Å². The zero-order valence-electron chi connectivity index (χ0n) is 12.6. The van der Waals surface area contributed by atoms with Crippen molar-refractivity contribution in [2.24, 2.45) is 5.73 Å². The predicted octanol–water partition coefficient (Wildman–Crippen LogP) is 2.72. The van der Waals surface area contributed by atoms with Gasteiger partial charge in [0, 0.05) is 11.4 Å². The molecule has 0 bridgehead atoms. The van der Waals surface area contributed by atoms with Crippen molar-refractivity contribution in [2.45, 2.75) is 13.0 Å². The first-order chi connectivity index (χ1) is 11.1. The molecular formula is C17H19N3O3. The van der Waals surface area contributed by atoms with Gasteiger partial charge in [-0.15, -0.1) is 0 Å². The van der Waals surface area contributed by atoms with E-state index in [9.17, 15) is 9.59 Å². The molecule has 0 fully saturated rings. The Hall–Kier alpha value is -2.86.